The van der Waals surface area contributed by atoms with Gasteiger partial charge in [0, 0.05) is 5.69 Å². The van der Waals surface area contributed by atoms with Crippen molar-refractivity contribution in [3.05, 3.63) is 40.0 Å². The van der Waals surface area contributed by atoms with Gasteiger partial charge in [-0.1, -0.05) is 0 Å². The summed E-state index contributed by atoms with van der Waals surface area (Å²) in [5.74, 6) is 0.365. The minimum absolute atomic E-state index is 0.192. The number of carboxylic acid groups (broad SMARTS) is 1. The van der Waals surface area contributed by atoms with E-state index < -0.39 is 5.97 Å². The van der Waals surface area contributed by atoms with E-state index >= 15 is 0 Å². The van der Waals surface area contributed by atoms with Crippen LogP contribution in [0.3, 0.4) is 0 Å². The number of nitrogens with zero attached hydrogens (tertiary/aromatic N) is 2. The molecule has 0 saturated heterocycles. The van der Waals surface area contributed by atoms with Gasteiger partial charge in [-0.05, 0) is 50.1 Å². The normalized spacial score (nSPS) is 10.9. The Morgan fingerprint density at radius 2 is 1.96 bits per heavy atom. The lowest BCUT2D eigenvalue weighted by molar-refractivity contribution is 0.0701. The van der Waals surface area contributed by atoms with Gasteiger partial charge in [-0.2, -0.15) is 0 Å². The highest BCUT2D eigenvalue weighted by atomic mass is 32.1. The standard InChI is InChI=1S/C16H15N3O3S/c1-7-6-10(20)4-5-11(7)19-14-12-8(2)13(16(21)22)23-15(12)18-9(3)17-14/h4-6,20H,1-3H3,(H,21,22)(H,17,18,19). The molecule has 23 heavy (non-hydrogen) atoms. The summed E-state index contributed by atoms with van der Waals surface area (Å²) >= 11 is 1.15. The second kappa shape index (κ2) is 5.51. The molecule has 3 N–H and O–H groups in total. The highest BCUT2D eigenvalue weighted by Crippen LogP contribution is 2.35. The number of carbonyl (C=O) groups is 1. The van der Waals surface area contributed by atoms with Crippen LogP contribution in [-0.2, 0) is 0 Å². The van der Waals surface area contributed by atoms with E-state index in [0.29, 0.717) is 27.4 Å². The minimum Gasteiger partial charge on any atom is -0.508 e. The maximum atomic E-state index is 11.4. The second-order valence-corrected chi connectivity index (χ2v) is 6.28. The van der Waals surface area contributed by atoms with Crippen LogP contribution in [0.2, 0.25) is 0 Å². The molecule has 3 rings (SSSR count). The summed E-state index contributed by atoms with van der Waals surface area (Å²) in [6.45, 7) is 5.40. The lowest BCUT2D eigenvalue weighted by atomic mass is 10.1. The summed E-state index contributed by atoms with van der Waals surface area (Å²) < 4.78 is 0. The number of anilines is 2. The van der Waals surface area contributed by atoms with Crippen LogP contribution in [0.15, 0.2) is 18.2 Å². The van der Waals surface area contributed by atoms with Crippen LogP contribution in [0, 0.1) is 20.8 Å². The summed E-state index contributed by atoms with van der Waals surface area (Å²) in [7, 11) is 0. The fraction of sp³-hybridized carbons (Fsp3) is 0.188. The molecule has 2 aromatic heterocycles. The first-order valence-electron chi connectivity index (χ1n) is 6.94. The Morgan fingerprint density at radius 3 is 2.61 bits per heavy atom. The van der Waals surface area contributed by atoms with Crippen LogP contribution >= 0.6 is 11.3 Å². The lowest BCUT2D eigenvalue weighted by Gasteiger charge is -2.11. The second-order valence-electron chi connectivity index (χ2n) is 5.29. The number of thiophene rings is 1. The first-order chi connectivity index (χ1) is 10.9. The van der Waals surface area contributed by atoms with Crippen LogP contribution < -0.4 is 5.32 Å². The maximum Gasteiger partial charge on any atom is 0.346 e. The number of benzene rings is 1. The summed E-state index contributed by atoms with van der Waals surface area (Å²) in [6.07, 6.45) is 0. The van der Waals surface area contributed by atoms with Gasteiger partial charge in [-0.15, -0.1) is 11.3 Å². The molecule has 3 aromatic rings. The Hall–Kier alpha value is -2.67. The number of nitrogens with one attached hydrogen (secondary N) is 1. The average Bonchev–Trinajstić information content (AvgIpc) is 2.79. The summed E-state index contributed by atoms with van der Waals surface area (Å²) in [4.78, 5) is 21.0. The van der Waals surface area contributed by atoms with Crippen molar-refractivity contribution < 1.29 is 15.0 Å². The molecule has 0 aliphatic rings. The predicted octanol–water partition coefficient (Wildman–Crippen LogP) is 3.76. The van der Waals surface area contributed by atoms with Gasteiger partial charge in [0.1, 0.15) is 27.1 Å². The number of rotatable bonds is 3. The number of aromatic hydroxyl groups is 1. The smallest absolute Gasteiger partial charge is 0.346 e. The number of phenols is 1. The number of fused-ring (bicyclic) bond motifs is 1. The molecule has 0 aliphatic carbocycles. The molecule has 6 nitrogen and oxygen atoms in total. The van der Waals surface area contributed by atoms with E-state index in [1.165, 1.54) is 0 Å². The summed E-state index contributed by atoms with van der Waals surface area (Å²) in [6, 6.07) is 4.99. The van der Waals surface area contributed by atoms with Gasteiger partial charge >= 0.3 is 5.97 Å². The molecular weight excluding hydrogens is 314 g/mol. The van der Waals surface area contributed by atoms with Crippen molar-refractivity contribution in [2.24, 2.45) is 0 Å². The van der Waals surface area contributed by atoms with Crippen molar-refractivity contribution in [1.29, 1.82) is 0 Å². The van der Waals surface area contributed by atoms with E-state index in [9.17, 15) is 15.0 Å². The predicted molar refractivity (Wildman–Crippen MR) is 90.0 cm³/mol. The Balaban J connectivity index is 2.18. The van der Waals surface area contributed by atoms with Crippen molar-refractivity contribution in [2.75, 3.05) is 5.32 Å². The molecule has 0 amide bonds. The molecule has 0 radical (unpaired) electrons. The number of carboxylic acids is 1. The zero-order valence-electron chi connectivity index (χ0n) is 12.8. The van der Waals surface area contributed by atoms with E-state index in [1.807, 2.05) is 6.92 Å². The summed E-state index contributed by atoms with van der Waals surface area (Å²) in [5, 5.41) is 22.8. The monoisotopic (exact) mass is 329 g/mol. The largest absolute Gasteiger partial charge is 0.508 e. The number of hydrogen-bond acceptors (Lipinski definition) is 6. The van der Waals surface area contributed by atoms with Crippen LogP contribution in [0.4, 0.5) is 11.5 Å². The van der Waals surface area contributed by atoms with Crippen molar-refractivity contribution in [2.45, 2.75) is 20.8 Å². The molecule has 0 atom stereocenters. The number of aromatic nitrogens is 2. The van der Waals surface area contributed by atoms with Crippen molar-refractivity contribution in [3.8, 4) is 5.75 Å². The third-order valence-corrected chi connectivity index (χ3v) is 4.73. The van der Waals surface area contributed by atoms with E-state index in [-0.39, 0.29) is 10.6 Å². The zero-order chi connectivity index (χ0) is 16.7. The van der Waals surface area contributed by atoms with E-state index in [2.05, 4.69) is 15.3 Å². The van der Waals surface area contributed by atoms with E-state index in [0.717, 1.165) is 22.6 Å². The van der Waals surface area contributed by atoms with Crippen LogP contribution in [-0.4, -0.2) is 26.2 Å². The SMILES string of the molecule is Cc1nc(Nc2ccc(O)cc2C)c2c(C)c(C(=O)O)sc2n1. The van der Waals surface area contributed by atoms with Crippen LogP contribution in [0.25, 0.3) is 10.2 Å². The number of aromatic carboxylic acids is 1. The molecule has 0 bridgehead atoms. The Kier molecular flexibility index (Phi) is 3.65. The molecule has 2 heterocycles. The van der Waals surface area contributed by atoms with E-state index in [1.54, 1.807) is 32.0 Å². The number of hydrogen-bond donors (Lipinski definition) is 3. The van der Waals surface area contributed by atoms with Gasteiger partial charge in [0.05, 0.1) is 5.39 Å². The zero-order valence-corrected chi connectivity index (χ0v) is 13.7. The topological polar surface area (TPSA) is 95.3 Å². The maximum absolute atomic E-state index is 11.4. The third-order valence-electron chi connectivity index (χ3n) is 3.56. The molecule has 0 saturated carbocycles. The van der Waals surface area contributed by atoms with Gasteiger partial charge in [-0.3, -0.25) is 0 Å². The fourth-order valence-corrected chi connectivity index (χ4v) is 3.52. The number of phenolic OH excluding ortho intramolecular Hbond substituents is 1. The molecule has 118 valence electrons. The molecule has 7 heteroatoms. The molecular formula is C16H15N3O3S. The molecule has 0 unspecified atom stereocenters. The number of aryl methyl sites for hydroxylation is 3. The molecule has 0 fully saturated rings. The van der Waals surface area contributed by atoms with Crippen LogP contribution in [0.1, 0.15) is 26.6 Å². The Morgan fingerprint density at radius 1 is 1.22 bits per heavy atom. The van der Waals surface area contributed by atoms with Gasteiger partial charge < -0.3 is 15.5 Å². The van der Waals surface area contributed by atoms with Gasteiger partial charge in [0.15, 0.2) is 0 Å². The fourth-order valence-electron chi connectivity index (χ4n) is 2.46. The van der Waals surface area contributed by atoms with E-state index in [4.69, 9.17) is 0 Å². The van der Waals surface area contributed by atoms with Crippen molar-refractivity contribution in [1.82, 2.24) is 9.97 Å². The van der Waals surface area contributed by atoms with Crippen LogP contribution in [0.5, 0.6) is 5.75 Å². The minimum atomic E-state index is -0.963. The first kappa shape index (κ1) is 15.2. The quantitative estimate of drug-likeness (QED) is 0.633. The van der Waals surface area contributed by atoms with Gasteiger partial charge in [0.2, 0.25) is 0 Å². The first-order valence-corrected chi connectivity index (χ1v) is 7.76. The summed E-state index contributed by atoms with van der Waals surface area (Å²) in [5.41, 5.74) is 2.31. The Labute approximate surface area is 136 Å². The highest BCUT2D eigenvalue weighted by Gasteiger charge is 2.19. The van der Waals surface area contributed by atoms with Gasteiger partial charge in [0.25, 0.3) is 0 Å². The van der Waals surface area contributed by atoms with Gasteiger partial charge in [-0.25, -0.2) is 14.8 Å². The third kappa shape index (κ3) is 2.70. The highest BCUT2D eigenvalue weighted by molar-refractivity contribution is 7.20. The molecule has 0 spiro atoms. The van der Waals surface area contributed by atoms with Crippen molar-refractivity contribution in [3.63, 3.8) is 0 Å². The molecule has 1 aromatic carbocycles. The van der Waals surface area contributed by atoms with Crippen molar-refractivity contribution >= 4 is 39.0 Å². The Bertz CT molecular complexity index is 934. The average molecular weight is 329 g/mol. The lowest BCUT2D eigenvalue weighted by Crippen LogP contribution is -2.00. The molecule has 0 aliphatic heterocycles.